The normalized spacial score (nSPS) is 14.3. The minimum Gasteiger partial charge on any atom is -0.356 e. The van der Waals surface area contributed by atoms with Crippen LogP contribution < -0.4 is 4.90 Å². The first-order valence-corrected chi connectivity index (χ1v) is 7.36. The minimum atomic E-state index is 0.410. The maximum atomic E-state index is 9.17. The molecule has 2 aromatic rings. The van der Waals surface area contributed by atoms with Crippen molar-refractivity contribution in [3.05, 3.63) is 40.5 Å². The van der Waals surface area contributed by atoms with Gasteiger partial charge in [0.05, 0.1) is 0 Å². The largest absolute Gasteiger partial charge is 0.356 e. The van der Waals surface area contributed by atoms with Gasteiger partial charge in [-0.2, -0.15) is 5.26 Å². The van der Waals surface area contributed by atoms with Crippen molar-refractivity contribution in [2.75, 3.05) is 18.0 Å². The standard InChI is InChI=1S/C15H13BrN4/c16-13-6-2-1-5-12(13)15-18-11(10-17)9-14(19-15)20-7-3-4-8-20/h1-2,5-6,9H,3-4,7-8H2. The van der Waals surface area contributed by atoms with Gasteiger partial charge in [0.25, 0.3) is 0 Å². The Morgan fingerprint density at radius 2 is 1.90 bits per heavy atom. The van der Waals surface area contributed by atoms with Crippen LogP contribution in [0.1, 0.15) is 18.5 Å². The highest BCUT2D eigenvalue weighted by Gasteiger charge is 2.17. The van der Waals surface area contributed by atoms with Crippen molar-refractivity contribution in [3.63, 3.8) is 0 Å². The Hall–Kier alpha value is -1.93. The third kappa shape index (κ3) is 2.52. The number of anilines is 1. The molecule has 0 atom stereocenters. The molecule has 2 heterocycles. The van der Waals surface area contributed by atoms with Gasteiger partial charge in [-0.15, -0.1) is 0 Å². The predicted octanol–water partition coefficient (Wildman–Crippen LogP) is 3.38. The van der Waals surface area contributed by atoms with Gasteiger partial charge >= 0.3 is 0 Å². The zero-order valence-corrected chi connectivity index (χ0v) is 12.5. The van der Waals surface area contributed by atoms with Gasteiger partial charge in [0.2, 0.25) is 0 Å². The lowest BCUT2D eigenvalue weighted by atomic mass is 10.2. The molecule has 0 aliphatic carbocycles. The molecule has 20 heavy (non-hydrogen) atoms. The molecule has 0 radical (unpaired) electrons. The minimum absolute atomic E-state index is 0.410. The van der Waals surface area contributed by atoms with E-state index in [2.05, 4.69) is 36.9 Å². The monoisotopic (exact) mass is 328 g/mol. The van der Waals surface area contributed by atoms with Gasteiger partial charge in [0.1, 0.15) is 17.6 Å². The van der Waals surface area contributed by atoms with Crippen LogP contribution in [0.2, 0.25) is 0 Å². The summed E-state index contributed by atoms with van der Waals surface area (Å²) in [5.41, 5.74) is 1.32. The summed E-state index contributed by atoms with van der Waals surface area (Å²) in [6.07, 6.45) is 2.35. The summed E-state index contributed by atoms with van der Waals surface area (Å²) in [4.78, 5) is 11.2. The van der Waals surface area contributed by atoms with Crippen molar-refractivity contribution >= 4 is 21.7 Å². The average molecular weight is 329 g/mol. The van der Waals surface area contributed by atoms with Crippen molar-refractivity contribution < 1.29 is 0 Å². The van der Waals surface area contributed by atoms with Gasteiger partial charge in [-0.3, -0.25) is 0 Å². The molecule has 0 spiro atoms. The fourth-order valence-corrected chi connectivity index (χ4v) is 2.83. The first-order valence-electron chi connectivity index (χ1n) is 6.57. The molecule has 1 aromatic heterocycles. The van der Waals surface area contributed by atoms with E-state index in [1.54, 1.807) is 6.07 Å². The van der Waals surface area contributed by atoms with Crippen LogP contribution in [0.15, 0.2) is 34.8 Å². The highest BCUT2D eigenvalue weighted by atomic mass is 79.9. The molecule has 0 unspecified atom stereocenters. The molecule has 0 saturated carbocycles. The van der Waals surface area contributed by atoms with Crippen molar-refractivity contribution in [1.82, 2.24) is 9.97 Å². The van der Waals surface area contributed by atoms with Gasteiger partial charge in [-0.1, -0.05) is 34.1 Å². The SMILES string of the molecule is N#Cc1cc(N2CCCC2)nc(-c2ccccc2Br)n1. The van der Waals surface area contributed by atoms with Gasteiger partial charge in [-0.25, -0.2) is 9.97 Å². The summed E-state index contributed by atoms with van der Waals surface area (Å²) in [7, 11) is 0. The number of rotatable bonds is 2. The Kier molecular flexibility index (Phi) is 3.66. The Labute approximate surface area is 126 Å². The van der Waals surface area contributed by atoms with E-state index < -0.39 is 0 Å². The summed E-state index contributed by atoms with van der Waals surface area (Å²) in [6.45, 7) is 1.99. The third-order valence-electron chi connectivity index (χ3n) is 3.37. The molecule has 1 aromatic carbocycles. The van der Waals surface area contributed by atoms with E-state index >= 15 is 0 Å². The van der Waals surface area contributed by atoms with Crippen molar-refractivity contribution in [3.8, 4) is 17.5 Å². The maximum Gasteiger partial charge on any atom is 0.164 e. The zero-order valence-electron chi connectivity index (χ0n) is 10.9. The average Bonchev–Trinajstić information content (AvgIpc) is 3.01. The highest BCUT2D eigenvalue weighted by molar-refractivity contribution is 9.10. The Bertz CT molecular complexity index is 672. The van der Waals surface area contributed by atoms with Crippen molar-refractivity contribution in [2.45, 2.75) is 12.8 Å². The van der Waals surface area contributed by atoms with Crippen molar-refractivity contribution in [2.24, 2.45) is 0 Å². The van der Waals surface area contributed by atoms with Gasteiger partial charge in [-0.05, 0) is 18.9 Å². The number of halogens is 1. The van der Waals surface area contributed by atoms with E-state index in [0.29, 0.717) is 11.5 Å². The fourth-order valence-electron chi connectivity index (χ4n) is 2.36. The molecule has 3 rings (SSSR count). The molecular formula is C15H13BrN4. The van der Waals surface area contributed by atoms with Crippen molar-refractivity contribution in [1.29, 1.82) is 5.26 Å². The number of nitriles is 1. The number of aromatic nitrogens is 2. The molecule has 1 saturated heterocycles. The van der Waals surface area contributed by atoms with E-state index in [0.717, 1.165) is 28.9 Å². The number of benzene rings is 1. The van der Waals surface area contributed by atoms with Crippen LogP contribution in [0.25, 0.3) is 11.4 Å². The maximum absolute atomic E-state index is 9.17. The molecule has 0 bridgehead atoms. The van der Waals surface area contributed by atoms with Gasteiger partial charge in [0.15, 0.2) is 5.82 Å². The summed E-state index contributed by atoms with van der Waals surface area (Å²) in [5.74, 6) is 1.44. The molecule has 1 aliphatic heterocycles. The Balaban J connectivity index is 2.09. The number of hydrogen-bond donors (Lipinski definition) is 0. The third-order valence-corrected chi connectivity index (χ3v) is 4.06. The van der Waals surface area contributed by atoms with Gasteiger partial charge in [0, 0.05) is 29.2 Å². The lowest BCUT2D eigenvalue weighted by Crippen LogP contribution is -2.19. The molecule has 100 valence electrons. The number of nitrogens with zero attached hydrogens (tertiary/aromatic N) is 4. The summed E-state index contributed by atoms with van der Waals surface area (Å²) >= 11 is 3.51. The lowest BCUT2D eigenvalue weighted by molar-refractivity contribution is 0.927. The second-order valence-corrected chi connectivity index (χ2v) is 5.58. The van der Waals surface area contributed by atoms with Crippen LogP contribution in [0, 0.1) is 11.3 Å². The topological polar surface area (TPSA) is 52.8 Å². The highest BCUT2D eigenvalue weighted by Crippen LogP contribution is 2.28. The first-order chi connectivity index (χ1) is 9.78. The Morgan fingerprint density at radius 3 is 2.60 bits per heavy atom. The second kappa shape index (κ2) is 5.59. The van der Waals surface area contributed by atoms with E-state index in [-0.39, 0.29) is 0 Å². The van der Waals surface area contributed by atoms with Crippen LogP contribution in [-0.2, 0) is 0 Å². The molecule has 0 N–H and O–H groups in total. The predicted molar refractivity (Wildman–Crippen MR) is 81.3 cm³/mol. The molecule has 5 heteroatoms. The molecule has 0 amide bonds. The fraction of sp³-hybridized carbons (Fsp3) is 0.267. The smallest absolute Gasteiger partial charge is 0.164 e. The van der Waals surface area contributed by atoms with Crippen LogP contribution >= 0.6 is 15.9 Å². The summed E-state index contributed by atoms with van der Waals surface area (Å²) in [6, 6.07) is 11.7. The lowest BCUT2D eigenvalue weighted by Gasteiger charge is -2.17. The van der Waals surface area contributed by atoms with E-state index in [9.17, 15) is 5.26 Å². The molecule has 4 nitrogen and oxygen atoms in total. The van der Waals surface area contributed by atoms with Crippen LogP contribution in [0.5, 0.6) is 0 Å². The van der Waals surface area contributed by atoms with Crippen LogP contribution in [0.4, 0.5) is 5.82 Å². The first kappa shape index (κ1) is 13.1. The molecule has 1 aliphatic rings. The van der Waals surface area contributed by atoms with Crippen LogP contribution in [-0.4, -0.2) is 23.1 Å². The second-order valence-electron chi connectivity index (χ2n) is 4.72. The molecule has 1 fully saturated rings. The van der Waals surface area contributed by atoms with E-state index in [4.69, 9.17) is 0 Å². The Morgan fingerprint density at radius 1 is 1.15 bits per heavy atom. The van der Waals surface area contributed by atoms with Gasteiger partial charge < -0.3 is 4.90 Å². The van der Waals surface area contributed by atoms with E-state index in [1.165, 1.54) is 12.8 Å². The quantitative estimate of drug-likeness (QED) is 0.848. The van der Waals surface area contributed by atoms with E-state index in [1.807, 2.05) is 24.3 Å². The number of hydrogen-bond acceptors (Lipinski definition) is 4. The zero-order chi connectivity index (χ0) is 13.9. The summed E-state index contributed by atoms with van der Waals surface area (Å²) < 4.78 is 0.933. The summed E-state index contributed by atoms with van der Waals surface area (Å²) in [5, 5.41) is 9.17. The molecular weight excluding hydrogens is 316 g/mol. The van der Waals surface area contributed by atoms with Crippen LogP contribution in [0.3, 0.4) is 0 Å².